The van der Waals surface area contributed by atoms with Crippen LogP contribution >= 0.6 is 11.3 Å². The fraction of sp³-hybridized carbons (Fsp3) is 0.636. The second-order valence-electron chi connectivity index (χ2n) is 4.39. The first kappa shape index (κ1) is 12.3. The molecule has 1 aromatic heterocycles. The van der Waals surface area contributed by atoms with E-state index in [9.17, 15) is 4.79 Å². The third-order valence-corrected chi connectivity index (χ3v) is 3.89. The number of nitrogens with two attached hydrogens (primary N) is 2. The second kappa shape index (κ2) is 5.01. The molecular weight excluding hydrogens is 238 g/mol. The molecule has 94 valence electrons. The van der Waals surface area contributed by atoms with E-state index in [0.29, 0.717) is 10.8 Å². The lowest BCUT2D eigenvalue weighted by Crippen LogP contribution is -2.32. The quantitative estimate of drug-likeness (QED) is 0.849. The molecule has 1 saturated carbocycles. The van der Waals surface area contributed by atoms with E-state index in [4.69, 9.17) is 16.2 Å². The largest absolute Gasteiger partial charge is 0.473 e. The Kier molecular flexibility index (Phi) is 3.63. The van der Waals surface area contributed by atoms with Crippen molar-refractivity contribution in [2.24, 2.45) is 11.5 Å². The van der Waals surface area contributed by atoms with Gasteiger partial charge in [-0.1, -0.05) is 0 Å². The summed E-state index contributed by atoms with van der Waals surface area (Å²) in [6.07, 6.45) is 3.85. The number of carbonyl (C=O) groups is 1. The molecule has 0 unspecified atom stereocenters. The minimum Gasteiger partial charge on any atom is -0.473 e. The van der Waals surface area contributed by atoms with Gasteiger partial charge in [0.2, 0.25) is 5.88 Å². The van der Waals surface area contributed by atoms with Crippen LogP contribution in [-0.2, 0) is 0 Å². The summed E-state index contributed by atoms with van der Waals surface area (Å²) in [5.41, 5.74) is 11.1. The molecule has 5 nitrogen and oxygen atoms in total. The summed E-state index contributed by atoms with van der Waals surface area (Å²) in [5, 5.41) is 0.793. The predicted octanol–water partition coefficient (Wildman–Crippen LogP) is 1.20. The van der Waals surface area contributed by atoms with E-state index in [1.54, 1.807) is 0 Å². The van der Waals surface area contributed by atoms with Crippen LogP contribution in [-0.4, -0.2) is 23.0 Å². The summed E-state index contributed by atoms with van der Waals surface area (Å²) >= 11 is 1.28. The van der Waals surface area contributed by atoms with Crippen molar-refractivity contribution >= 4 is 17.2 Å². The molecule has 1 heterocycles. The van der Waals surface area contributed by atoms with Crippen molar-refractivity contribution < 1.29 is 9.53 Å². The van der Waals surface area contributed by atoms with Gasteiger partial charge in [-0.05, 0) is 32.6 Å². The molecule has 0 aliphatic heterocycles. The number of hydrogen-bond acceptors (Lipinski definition) is 5. The number of primary amides is 1. The van der Waals surface area contributed by atoms with Crippen LogP contribution in [0.15, 0.2) is 0 Å². The number of aryl methyl sites for hydroxylation is 1. The molecule has 0 aromatic carbocycles. The Hall–Kier alpha value is -1.14. The second-order valence-corrected chi connectivity index (χ2v) is 5.59. The highest BCUT2D eigenvalue weighted by Gasteiger charge is 2.23. The normalized spacial score (nSPS) is 24.6. The summed E-state index contributed by atoms with van der Waals surface area (Å²) in [7, 11) is 0. The van der Waals surface area contributed by atoms with Crippen LogP contribution in [0.25, 0.3) is 0 Å². The van der Waals surface area contributed by atoms with E-state index in [2.05, 4.69) is 4.98 Å². The number of nitrogens with zero attached hydrogens (tertiary/aromatic N) is 1. The minimum absolute atomic E-state index is 0.106. The van der Waals surface area contributed by atoms with Crippen LogP contribution in [0.5, 0.6) is 5.88 Å². The average Bonchev–Trinajstić information content (AvgIpc) is 2.63. The van der Waals surface area contributed by atoms with Gasteiger partial charge >= 0.3 is 0 Å². The van der Waals surface area contributed by atoms with E-state index < -0.39 is 5.91 Å². The van der Waals surface area contributed by atoms with Crippen LogP contribution in [0.2, 0.25) is 0 Å². The first-order chi connectivity index (χ1) is 8.06. The average molecular weight is 255 g/mol. The number of aromatic nitrogens is 1. The number of carbonyl (C=O) groups excluding carboxylic acids is 1. The topological polar surface area (TPSA) is 91.2 Å². The molecule has 1 amide bonds. The van der Waals surface area contributed by atoms with Gasteiger partial charge in [0.05, 0.1) is 5.01 Å². The molecule has 0 spiro atoms. The molecule has 2 rings (SSSR count). The molecule has 6 heteroatoms. The van der Waals surface area contributed by atoms with Crippen LogP contribution in [0.1, 0.15) is 40.4 Å². The number of ether oxygens (including phenoxy) is 1. The molecule has 1 fully saturated rings. The zero-order chi connectivity index (χ0) is 12.4. The van der Waals surface area contributed by atoms with Gasteiger partial charge in [0.25, 0.3) is 5.91 Å². The number of thiazole rings is 1. The SMILES string of the molecule is Cc1nc(OC2CCC(N)CC2)c(C(N)=O)s1. The van der Waals surface area contributed by atoms with Gasteiger partial charge in [0, 0.05) is 6.04 Å². The highest BCUT2D eigenvalue weighted by molar-refractivity contribution is 7.13. The van der Waals surface area contributed by atoms with Gasteiger partial charge in [-0.25, -0.2) is 4.98 Å². The molecular formula is C11H17N3O2S. The predicted molar refractivity (Wildman–Crippen MR) is 66.2 cm³/mol. The summed E-state index contributed by atoms with van der Waals surface area (Å²) in [4.78, 5) is 15.8. The van der Waals surface area contributed by atoms with E-state index in [1.807, 2.05) is 6.92 Å². The maximum absolute atomic E-state index is 11.2. The number of hydrogen-bond donors (Lipinski definition) is 2. The van der Waals surface area contributed by atoms with Crippen molar-refractivity contribution in [2.45, 2.75) is 44.8 Å². The Labute approximate surface area is 104 Å². The molecule has 1 aliphatic carbocycles. The lowest BCUT2D eigenvalue weighted by molar-refractivity contribution is 0.0989. The molecule has 4 N–H and O–H groups in total. The highest BCUT2D eigenvalue weighted by atomic mass is 32.1. The van der Waals surface area contributed by atoms with Crippen LogP contribution in [0, 0.1) is 6.92 Å². The Morgan fingerprint density at radius 2 is 2.06 bits per heavy atom. The van der Waals surface area contributed by atoms with Gasteiger partial charge < -0.3 is 16.2 Å². The molecule has 0 radical (unpaired) electrons. The fourth-order valence-electron chi connectivity index (χ4n) is 2.01. The van der Waals surface area contributed by atoms with Crippen molar-refractivity contribution in [2.75, 3.05) is 0 Å². The maximum atomic E-state index is 11.2. The summed E-state index contributed by atoms with van der Waals surface area (Å²) < 4.78 is 5.76. The van der Waals surface area contributed by atoms with Gasteiger partial charge in [-0.3, -0.25) is 4.79 Å². The van der Waals surface area contributed by atoms with Crippen molar-refractivity contribution in [3.63, 3.8) is 0 Å². The smallest absolute Gasteiger partial charge is 0.264 e. The van der Waals surface area contributed by atoms with Crippen LogP contribution in [0.3, 0.4) is 0 Å². The highest BCUT2D eigenvalue weighted by Crippen LogP contribution is 2.28. The Bertz CT molecular complexity index is 411. The van der Waals surface area contributed by atoms with Crippen molar-refractivity contribution in [1.82, 2.24) is 4.98 Å². The van der Waals surface area contributed by atoms with Crippen molar-refractivity contribution in [1.29, 1.82) is 0 Å². The maximum Gasteiger partial charge on any atom is 0.264 e. The van der Waals surface area contributed by atoms with Gasteiger partial charge in [0.1, 0.15) is 6.10 Å². The van der Waals surface area contributed by atoms with E-state index in [0.717, 1.165) is 30.7 Å². The Balaban J connectivity index is 2.05. The summed E-state index contributed by atoms with van der Waals surface area (Å²) in [6.45, 7) is 1.83. The third-order valence-electron chi connectivity index (χ3n) is 2.92. The zero-order valence-corrected chi connectivity index (χ0v) is 10.6. The Morgan fingerprint density at radius 1 is 1.41 bits per heavy atom. The Morgan fingerprint density at radius 3 is 2.65 bits per heavy atom. The van der Waals surface area contributed by atoms with Gasteiger partial charge in [-0.2, -0.15) is 0 Å². The van der Waals surface area contributed by atoms with E-state index >= 15 is 0 Å². The van der Waals surface area contributed by atoms with Gasteiger partial charge in [-0.15, -0.1) is 11.3 Å². The van der Waals surface area contributed by atoms with E-state index in [-0.39, 0.29) is 12.1 Å². The number of amides is 1. The third kappa shape index (κ3) is 2.95. The first-order valence-electron chi connectivity index (χ1n) is 5.75. The molecule has 17 heavy (non-hydrogen) atoms. The molecule has 0 saturated heterocycles. The van der Waals surface area contributed by atoms with Gasteiger partial charge in [0.15, 0.2) is 4.88 Å². The standard InChI is InChI=1S/C11H17N3O2S/c1-6-14-11(9(17-6)10(13)15)16-8-4-2-7(12)3-5-8/h7-8H,2-5,12H2,1H3,(H2,13,15). The van der Waals surface area contributed by atoms with Crippen LogP contribution < -0.4 is 16.2 Å². The minimum atomic E-state index is -0.474. The lowest BCUT2D eigenvalue weighted by atomic mass is 9.94. The molecule has 0 bridgehead atoms. The summed E-state index contributed by atoms with van der Waals surface area (Å²) in [6, 6.07) is 0.280. The lowest BCUT2D eigenvalue weighted by Gasteiger charge is -2.26. The zero-order valence-electron chi connectivity index (χ0n) is 9.81. The monoisotopic (exact) mass is 255 g/mol. The van der Waals surface area contributed by atoms with E-state index in [1.165, 1.54) is 11.3 Å². The van der Waals surface area contributed by atoms with Crippen molar-refractivity contribution in [3.05, 3.63) is 9.88 Å². The number of rotatable bonds is 3. The summed E-state index contributed by atoms with van der Waals surface area (Å²) in [5.74, 6) is -0.0846. The molecule has 1 aromatic rings. The molecule has 1 aliphatic rings. The van der Waals surface area contributed by atoms with Crippen LogP contribution in [0.4, 0.5) is 0 Å². The van der Waals surface area contributed by atoms with Crippen molar-refractivity contribution in [3.8, 4) is 5.88 Å². The fourth-order valence-corrected chi connectivity index (χ4v) is 2.71. The first-order valence-corrected chi connectivity index (χ1v) is 6.57. The molecule has 0 atom stereocenters.